The van der Waals surface area contributed by atoms with E-state index in [1.807, 2.05) is 0 Å². The van der Waals surface area contributed by atoms with Crippen LogP contribution < -0.4 is 10.6 Å². The number of anilines is 1. The summed E-state index contributed by atoms with van der Waals surface area (Å²) in [4.78, 5) is 16.4. The summed E-state index contributed by atoms with van der Waals surface area (Å²) in [6.07, 6.45) is -0.158. The van der Waals surface area contributed by atoms with Gasteiger partial charge in [0.2, 0.25) is 5.91 Å². The van der Waals surface area contributed by atoms with Crippen LogP contribution in [0.1, 0.15) is 12.5 Å². The third-order valence-corrected chi connectivity index (χ3v) is 3.37. The Morgan fingerprint density at radius 3 is 2.85 bits per heavy atom. The highest BCUT2D eigenvalue weighted by Gasteiger charge is 2.43. The number of carbonyl (C=O) groups excluding carboxylic acids is 1. The number of rotatable bonds is 4. The summed E-state index contributed by atoms with van der Waals surface area (Å²) in [6.45, 7) is -0.209. The van der Waals surface area contributed by atoms with E-state index < -0.39 is 24.5 Å². The van der Waals surface area contributed by atoms with Crippen molar-refractivity contribution in [2.24, 2.45) is 5.73 Å². The molecule has 1 aromatic rings. The van der Waals surface area contributed by atoms with Gasteiger partial charge in [-0.3, -0.25) is 4.79 Å². The number of aromatic nitrogens is 1. The second-order valence-electron chi connectivity index (χ2n) is 4.84. The second-order valence-corrected chi connectivity index (χ2v) is 4.84. The molecular formula is C13H14F3N3O. The number of fused-ring (bicyclic) bond motifs is 1. The number of nitrogens with two attached hydrogens (primary N) is 1. The highest BCUT2D eigenvalue weighted by molar-refractivity contribution is 5.94. The second kappa shape index (κ2) is 5.15. The van der Waals surface area contributed by atoms with Gasteiger partial charge in [-0.25, -0.2) is 18.2 Å². The predicted molar refractivity (Wildman–Crippen MR) is 68.1 cm³/mol. The third-order valence-electron chi connectivity index (χ3n) is 3.37. The first kappa shape index (κ1) is 14.4. The molecular weight excluding hydrogens is 271 g/mol. The van der Waals surface area contributed by atoms with Gasteiger partial charge in [0.05, 0.1) is 0 Å². The van der Waals surface area contributed by atoms with Crippen LogP contribution in [0, 0.1) is 0 Å². The van der Waals surface area contributed by atoms with Crippen molar-refractivity contribution in [2.45, 2.75) is 25.3 Å². The number of amides is 1. The average molecular weight is 285 g/mol. The van der Waals surface area contributed by atoms with Crippen LogP contribution in [0.25, 0.3) is 0 Å². The molecule has 0 bridgehead atoms. The van der Waals surface area contributed by atoms with E-state index in [2.05, 4.69) is 4.98 Å². The van der Waals surface area contributed by atoms with Crippen molar-refractivity contribution in [1.29, 1.82) is 0 Å². The molecule has 1 atom stereocenters. The van der Waals surface area contributed by atoms with Gasteiger partial charge in [-0.05, 0) is 18.6 Å². The van der Waals surface area contributed by atoms with Crippen molar-refractivity contribution < 1.29 is 18.0 Å². The van der Waals surface area contributed by atoms with Gasteiger partial charge < -0.3 is 10.6 Å². The monoisotopic (exact) mass is 285 g/mol. The Hall–Kier alpha value is -2.05. The molecule has 0 aliphatic carbocycles. The molecule has 1 aliphatic rings. The fourth-order valence-corrected chi connectivity index (χ4v) is 2.02. The van der Waals surface area contributed by atoms with Crippen molar-refractivity contribution >= 4 is 11.7 Å². The molecule has 1 aromatic heterocycles. The first-order valence-electron chi connectivity index (χ1n) is 5.98. The standard InChI is InChI=1S/C13H14F3N3O/c1-13(7-14,12(15)16)19-6-9(10(17)20)5-8-3-2-4-18-11(8)19/h2-4,6,12H,5,7H2,1H3,(H2,17,20). The zero-order valence-electron chi connectivity index (χ0n) is 10.8. The molecule has 2 rings (SSSR count). The largest absolute Gasteiger partial charge is 0.366 e. The first-order valence-corrected chi connectivity index (χ1v) is 5.98. The van der Waals surface area contributed by atoms with Gasteiger partial charge in [0.15, 0.2) is 0 Å². The van der Waals surface area contributed by atoms with E-state index in [-0.39, 0.29) is 17.8 Å². The zero-order valence-corrected chi connectivity index (χ0v) is 10.8. The maximum Gasteiger partial charge on any atom is 0.264 e. The molecule has 1 aliphatic heterocycles. The fraction of sp³-hybridized carbons (Fsp3) is 0.385. The van der Waals surface area contributed by atoms with E-state index in [1.165, 1.54) is 12.4 Å². The molecule has 0 saturated carbocycles. The molecule has 4 nitrogen and oxygen atoms in total. The first-order chi connectivity index (χ1) is 9.40. The van der Waals surface area contributed by atoms with Crippen LogP contribution in [0.15, 0.2) is 30.1 Å². The van der Waals surface area contributed by atoms with Crippen LogP contribution in [-0.2, 0) is 11.2 Å². The minimum absolute atomic E-state index is 0.144. The fourth-order valence-electron chi connectivity index (χ4n) is 2.02. The van der Waals surface area contributed by atoms with Crippen LogP contribution in [0.5, 0.6) is 0 Å². The van der Waals surface area contributed by atoms with Gasteiger partial charge in [-0.15, -0.1) is 0 Å². The zero-order chi connectivity index (χ0) is 14.9. The van der Waals surface area contributed by atoms with Crippen molar-refractivity contribution in [3.63, 3.8) is 0 Å². The van der Waals surface area contributed by atoms with Crippen molar-refractivity contribution in [1.82, 2.24) is 4.98 Å². The molecule has 2 heterocycles. The van der Waals surface area contributed by atoms with Crippen molar-refractivity contribution in [3.05, 3.63) is 35.7 Å². The van der Waals surface area contributed by atoms with E-state index in [4.69, 9.17) is 5.73 Å². The molecule has 0 fully saturated rings. The van der Waals surface area contributed by atoms with E-state index in [9.17, 15) is 18.0 Å². The average Bonchev–Trinajstić information content (AvgIpc) is 2.44. The summed E-state index contributed by atoms with van der Waals surface area (Å²) < 4.78 is 39.7. The van der Waals surface area contributed by atoms with Gasteiger partial charge in [0, 0.05) is 24.4 Å². The van der Waals surface area contributed by atoms with Crippen LogP contribution in [0.3, 0.4) is 0 Å². The quantitative estimate of drug-likeness (QED) is 0.917. The molecule has 0 aromatic carbocycles. The number of carbonyl (C=O) groups is 1. The molecule has 20 heavy (non-hydrogen) atoms. The van der Waals surface area contributed by atoms with E-state index in [1.54, 1.807) is 12.1 Å². The van der Waals surface area contributed by atoms with Crippen molar-refractivity contribution in [2.75, 3.05) is 11.6 Å². The number of primary amides is 1. The number of halogens is 3. The Labute approximate surface area is 114 Å². The van der Waals surface area contributed by atoms with Crippen LogP contribution in [0.2, 0.25) is 0 Å². The number of alkyl halides is 3. The van der Waals surface area contributed by atoms with E-state index in [0.29, 0.717) is 5.56 Å². The van der Waals surface area contributed by atoms with Gasteiger partial charge >= 0.3 is 0 Å². The van der Waals surface area contributed by atoms with Gasteiger partial charge in [-0.2, -0.15) is 0 Å². The van der Waals surface area contributed by atoms with Crippen molar-refractivity contribution in [3.8, 4) is 0 Å². The highest BCUT2D eigenvalue weighted by Crippen LogP contribution is 2.35. The lowest BCUT2D eigenvalue weighted by molar-refractivity contribution is -0.114. The molecule has 7 heteroatoms. The number of hydrogen-bond donors (Lipinski definition) is 1. The van der Waals surface area contributed by atoms with Gasteiger partial charge in [0.25, 0.3) is 6.43 Å². The molecule has 0 radical (unpaired) electrons. The van der Waals surface area contributed by atoms with Gasteiger partial charge in [-0.1, -0.05) is 6.07 Å². The lowest BCUT2D eigenvalue weighted by Gasteiger charge is -2.40. The smallest absolute Gasteiger partial charge is 0.264 e. The summed E-state index contributed by atoms with van der Waals surface area (Å²) in [5, 5.41) is 0. The van der Waals surface area contributed by atoms with Crippen LogP contribution >= 0.6 is 0 Å². The maximum absolute atomic E-state index is 13.2. The third kappa shape index (κ3) is 2.23. The molecule has 0 saturated heterocycles. The summed E-state index contributed by atoms with van der Waals surface area (Å²) >= 11 is 0. The summed E-state index contributed by atoms with van der Waals surface area (Å²) in [5.74, 6) is -0.502. The molecule has 108 valence electrons. The molecule has 0 spiro atoms. The Kier molecular flexibility index (Phi) is 3.69. The van der Waals surface area contributed by atoms with E-state index >= 15 is 0 Å². The Morgan fingerprint density at radius 2 is 2.30 bits per heavy atom. The summed E-state index contributed by atoms with van der Waals surface area (Å²) in [7, 11) is 0. The minimum Gasteiger partial charge on any atom is -0.366 e. The Balaban J connectivity index is 2.57. The lowest BCUT2D eigenvalue weighted by atomic mass is 9.96. The number of nitrogens with zero attached hydrogens (tertiary/aromatic N) is 2. The maximum atomic E-state index is 13.2. The van der Waals surface area contributed by atoms with Gasteiger partial charge in [0.1, 0.15) is 18.0 Å². The molecule has 1 amide bonds. The number of pyridine rings is 1. The SMILES string of the molecule is CC(CF)(C(F)F)N1C=C(C(N)=O)Cc2cccnc21. The lowest BCUT2D eigenvalue weighted by Crippen LogP contribution is -2.53. The Bertz CT molecular complexity index is 562. The molecule has 2 N–H and O–H groups in total. The van der Waals surface area contributed by atoms with Crippen LogP contribution in [-0.4, -0.2) is 29.5 Å². The topological polar surface area (TPSA) is 59.2 Å². The normalized spacial score (nSPS) is 17.4. The Morgan fingerprint density at radius 1 is 1.60 bits per heavy atom. The number of hydrogen-bond acceptors (Lipinski definition) is 3. The summed E-state index contributed by atoms with van der Waals surface area (Å²) in [5.41, 5.74) is 3.82. The molecule has 1 unspecified atom stereocenters. The van der Waals surface area contributed by atoms with Crippen LogP contribution in [0.4, 0.5) is 19.0 Å². The highest BCUT2D eigenvalue weighted by atomic mass is 19.3. The minimum atomic E-state index is -2.95. The predicted octanol–water partition coefficient (Wildman–Crippen LogP) is 1.81. The van der Waals surface area contributed by atoms with E-state index in [0.717, 1.165) is 11.8 Å². The summed E-state index contributed by atoms with van der Waals surface area (Å²) in [6, 6.07) is 3.27.